The second-order valence-corrected chi connectivity index (χ2v) is 5.03. The minimum atomic E-state index is -0.358. The molecule has 0 aliphatic heterocycles. The number of hydrogen-bond acceptors (Lipinski definition) is 2. The van der Waals surface area contributed by atoms with Crippen molar-refractivity contribution in [2.75, 3.05) is 5.32 Å². The fourth-order valence-corrected chi connectivity index (χ4v) is 2.05. The minimum absolute atomic E-state index is 0.0584. The Labute approximate surface area is 129 Å². The Bertz CT molecular complexity index is 648. The van der Waals surface area contributed by atoms with Crippen molar-refractivity contribution in [1.82, 2.24) is 0 Å². The normalized spacial score (nSPS) is 10.3. The molecule has 2 aromatic rings. The number of Topliss-reactive ketones (excluding diaryl/α,β-unsaturated/α-hetero) is 1. The van der Waals surface area contributed by atoms with Gasteiger partial charge in [0.25, 0.3) is 0 Å². The van der Waals surface area contributed by atoms with Crippen LogP contribution in [0, 0.1) is 5.82 Å². The molecule has 0 saturated heterocycles. The lowest BCUT2D eigenvalue weighted by Crippen LogP contribution is -2.13. The van der Waals surface area contributed by atoms with Gasteiger partial charge in [-0.2, -0.15) is 0 Å². The molecule has 0 heterocycles. The van der Waals surface area contributed by atoms with Crippen LogP contribution in [0.15, 0.2) is 48.5 Å². The first-order valence-electron chi connectivity index (χ1n) is 7.26. The highest BCUT2D eigenvalue weighted by Gasteiger charge is 2.09. The van der Waals surface area contributed by atoms with Crippen molar-refractivity contribution >= 4 is 17.4 Å². The molecule has 0 saturated carbocycles. The molecule has 114 valence electrons. The van der Waals surface area contributed by atoms with E-state index in [2.05, 4.69) is 12.2 Å². The Morgan fingerprint density at radius 3 is 2.18 bits per heavy atom. The molecule has 0 unspecified atom stereocenters. The van der Waals surface area contributed by atoms with Gasteiger partial charge in [0.2, 0.25) is 5.91 Å². The van der Waals surface area contributed by atoms with Crippen LogP contribution >= 0.6 is 0 Å². The number of nitrogens with one attached hydrogen (secondary N) is 1. The lowest BCUT2D eigenvalue weighted by atomic mass is 10.0. The Morgan fingerprint density at radius 1 is 0.955 bits per heavy atom. The van der Waals surface area contributed by atoms with Gasteiger partial charge < -0.3 is 5.32 Å². The maximum Gasteiger partial charge on any atom is 0.224 e. The molecule has 1 amide bonds. The highest BCUT2D eigenvalue weighted by Crippen LogP contribution is 2.11. The maximum atomic E-state index is 12.8. The van der Waals surface area contributed by atoms with Crippen LogP contribution in [0.25, 0.3) is 0 Å². The third kappa shape index (κ3) is 4.52. The van der Waals surface area contributed by atoms with Crippen LogP contribution in [0.4, 0.5) is 10.1 Å². The molecule has 0 bridgehead atoms. The van der Waals surface area contributed by atoms with E-state index < -0.39 is 0 Å². The predicted octanol–water partition coefficient (Wildman–Crippen LogP) is 3.99. The number of rotatable bonds is 6. The highest BCUT2D eigenvalue weighted by molar-refractivity contribution is 6.00. The minimum Gasteiger partial charge on any atom is -0.326 e. The van der Waals surface area contributed by atoms with Crippen LogP contribution in [0.1, 0.15) is 35.7 Å². The summed E-state index contributed by atoms with van der Waals surface area (Å²) < 4.78 is 12.8. The van der Waals surface area contributed by atoms with Crippen molar-refractivity contribution in [3.63, 3.8) is 0 Å². The van der Waals surface area contributed by atoms with Gasteiger partial charge in [-0.3, -0.25) is 9.59 Å². The third-order valence-corrected chi connectivity index (χ3v) is 3.39. The number of carbonyl (C=O) groups excluding carboxylic acids is 2. The van der Waals surface area contributed by atoms with Gasteiger partial charge in [0, 0.05) is 24.1 Å². The second-order valence-electron chi connectivity index (χ2n) is 5.03. The van der Waals surface area contributed by atoms with Gasteiger partial charge in [0.15, 0.2) is 5.78 Å². The van der Waals surface area contributed by atoms with Gasteiger partial charge in [-0.05, 0) is 36.2 Å². The van der Waals surface area contributed by atoms with E-state index >= 15 is 0 Å². The first kappa shape index (κ1) is 15.9. The monoisotopic (exact) mass is 299 g/mol. The van der Waals surface area contributed by atoms with Crippen molar-refractivity contribution in [2.24, 2.45) is 0 Å². The van der Waals surface area contributed by atoms with Crippen LogP contribution in [-0.2, 0) is 11.2 Å². The van der Waals surface area contributed by atoms with Crippen LogP contribution in [-0.4, -0.2) is 11.7 Å². The summed E-state index contributed by atoms with van der Waals surface area (Å²) in [6.07, 6.45) is 1.18. The first-order valence-corrected chi connectivity index (χ1v) is 7.26. The molecule has 0 aliphatic carbocycles. The van der Waals surface area contributed by atoms with Crippen LogP contribution in [0.2, 0.25) is 0 Å². The lowest BCUT2D eigenvalue weighted by Gasteiger charge is -2.05. The second kappa shape index (κ2) is 7.50. The molecule has 3 nitrogen and oxygen atoms in total. The highest BCUT2D eigenvalue weighted by atomic mass is 19.1. The number of anilines is 1. The average molecular weight is 299 g/mol. The third-order valence-electron chi connectivity index (χ3n) is 3.39. The van der Waals surface area contributed by atoms with Gasteiger partial charge in [0.1, 0.15) is 5.82 Å². The molecule has 2 rings (SSSR count). The number of amides is 1. The lowest BCUT2D eigenvalue weighted by molar-refractivity contribution is -0.116. The summed E-state index contributed by atoms with van der Waals surface area (Å²) in [5.74, 6) is -0.675. The Morgan fingerprint density at radius 2 is 1.59 bits per heavy atom. The smallest absolute Gasteiger partial charge is 0.224 e. The van der Waals surface area contributed by atoms with E-state index in [-0.39, 0.29) is 30.3 Å². The van der Waals surface area contributed by atoms with Crippen molar-refractivity contribution in [3.8, 4) is 0 Å². The number of aryl methyl sites for hydroxylation is 1. The van der Waals surface area contributed by atoms with E-state index in [0.29, 0.717) is 11.3 Å². The Balaban J connectivity index is 1.84. The van der Waals surface area contributed by atoms with E-state index in [9.17, 15) is 14.0 Å². The molecule has 2 aromatic carbocycles. The predicted molar refractivity (Wildman–Crippen MR) is 84.4 cm³/mol. The molecule has 22 heavy (non-hydrogen) atoms. The molecule has 0 radical (unpaired) electrons. The average Bonchev–Trinajstić information content (AvgIpc) is 2.55. The fraction of sp³-hybridized carbons (Fsp3) is 0.222. The topological polar surface area (TPSA) is 46.2 Å². The van der Waals surface area contributed by atoms with Gasteiger partial charge in [-0.15, -0.1) is 0 Å². The zero-order valence-corrected chi connectivity index (χ0v) is 12.4. The summed E-state index contributed by atoms with van der Waals surface area (Å²) in [5.41, 5.74) is 2.31. The number of halogens is 1. The van der Waals surface area contributed by atoms with E-state index in [1.54, 1.807) is 12.1 Å². The molecular weight excluding hydrogens is 281 g/mol. The molecule has 0 aliphatic rings. The zero-order valence-electron chi connectivity index (χ0n) is 12.4. The van der Waals surface area contributed by atoms with Crippen LogP contribution < -0.4 is 5.32 Å². The summed E-state index contributed by atoms with van der Waals surface area (Å²) in [7, 11) is 0. The first-order chi connectivity index (χ1) is 10.6. The van der Waals surface area contributed by atoms with Crippen molar-refractivity contribution in [2.45, 2.75) is 26.2 Å². The van der Waals surface area contributed by atoms with Crippen LogP contribution in [0.5, 0.6) is 0 Å². The molecule has 0 fully saturated rings. The molecule has 0 atom stereocenters. The number of hydrogen-bond donors (Lipinski definition) is 1. The van der Waals surface area contributed by atoms with Crippen molar-refractivity contribution < 1.29 is 14.0 Å². The van der Waals surface area contributed by atoms with Gasteiger partial charge >= 0.3 is 0 Å². The summed E-state index contributed by atoms with van der Waals surface area (Å²) in [6, 6.07) is 12.9. The van der Waals surface area contributed by atoms with E-state index in [4.69, 9.17) is 0 Å². The quantitative estimate of drug-likeness (QED) is 0.820. The van der Waals surface area contributed by atoms with Crippen LogP contribution in [0.3, 0.4) is 0 Å². The van der Waals surface area contributed by atoms with Gasteiger partial charge in [0.05, 0.1) is 0 Å². The molecule has 0 aromatic heterocycles. The van der Waals surface area contributed by atoms with Gasteiger partial charge in [-0.25, -0.2) is 4.39 Å². The molecule has 1 N–H and O–H groups in total. The number of carbonyl (C=O) groups is 2. The number of benzene rings is 2. The summed E-state index contributed by atoms with van der Waals surface area (Å²) in [6.45, 7) is 2.05. The largest absolute Gasteiger partial charge is 0.326 e. The fourth-order valence-electron chi connectivity index (χ4n) is 2.05. The standard InChI is InChI=1S/C18H18FNO2/c1-2-13-3-5-14(6-4-13)17(21)11-12-18(22)20-16-9-7-15(19)8-10-16/h3-10H,2,11-12H2,1H3,(H,20,22). The molecule has 4 heteroatoms. The van der Waals surface area contributed by atoms with E-state index in [1.165, 1.54) is 29.8 Å². The SMILES string of the molecule is CCc1ccc(C(=O)CCC(=O)Nc2ccc(F)cc2)cc1. The molecule has 0 spiro atoms. The van der Waals surface area contributed by atoms with Crippen molar-refractivity contribution in [1.29, 1.82) is 0 Å². The Kier molecular flexibility index (Phi) is 5.42. The number of ketones is 1. The van der Waals surface area contributed by atoms with E-state index in [1.807, 2.05) is 12.1 Å². The summed E-state index contributed by atoms with van der Waals surface area (Å²) >= 11 is 0. The van der Waals surface area contributed by atoms with Gasteiger partial charge in [-0.1, -0.05) is 31.2 Å². The Hall–Kier alpha value is -2.49. The maximum absolute atomic E-state index is 12.8. The van der Waals surface area contributed by atoms with E-state index in [0.717, 1.165) is 6.42 Å². The zero-order chi connectivity index (χ0) is 15.9. The summed E-state index contributed by atoms with van der Waals surface area (Å²) in [5, 5.41) is 2.64. The summed E-state index contributed by atoms with van der Waals surface area (Å²) in [4.78, 5) is 23.8. The molecular formula is C18H18FNO2. The van der Waals surface area contributed by atoms with Crippen molar-refractivity contribution in [3.05, 3.63) is 65.5 Å².